The van der Waals surface area contributed by atoms with Crippen molar-refractivity contribution in [1.29, 1.82) is 0 Å². The Morgan fingerprint density at radius 2 is 1.55 bits per heavy atom. The maximum Gasteiger partial charge on any atom is 0.431 e. The average molecular weight is 340 g/mol. The Balaban J connectivity index is 1.67. The molecule has 0 spiro atoms. The van der Waals surface area contributed by atoms with Gasteiger partial charge in [0.2, 0.25) is 0 Å². The molecule has 4 aliphatic carbocycles. The van der Waals surface area contributed by atoms with Crippen molar-refractivity contribution in [1.82, 2.24) is 0 Å². The quantitative estimate of drug-likeness (QED) is 0.371. The highest BCUT2D eigenvalue weighted by Gasteiger charge is 2.74. The van der Waals surface area contributed by atoms with Crippen LogP contribution in [0.1, 0.15) is 19.3 Å². The molecule has 8 heteroatoms. The molecule has 0 aromatic rings. The number of rotatable bonds is 3. The van der Waals surface area contributed by atoms with Gasteiger partial charge in [-0.15, -0.1) is 0 Å². The van der Waals surface area contributed by atoms with E-state index in [9.17, 15) is 26.0 Å². The van der Waals surface area contributed by atoms with E-state index in [-0.39, 0.29) is 30.1 Å². The molecule has 0 aromatic carbocycles. The first-order valence-electron chi connectivity index (χ1n) is 7.46. The van der Waals surface area contributed by atoms with Gasteiger partial charge in [-0.05, 0) is 54.8 Å². The molecule has 7 atom stereocenters. The van der Waals surface area contributed by atoms with Gasteiger partial charge < -0.3 is 0 Å². The van der Waals surface area contributed by atoms with Crippen molar-refractivity contribution in [3.05, 3.63) is 12.2 Å². The highest BCUT2D eigenvalue weighted by molar-refractivity contribution is 7.87. The molecule has 0 heterocycles. The Bertz CT molecular complexity index is 644. The standard InChI is InChI=1S/C14H16F4O3S/c15-13(16,14(17,18)22(19,20)21)10-5-8-4-9(10)12-7-2-1-6(3-7)11(8)12/h1-2,6-12H,3-5H2,(H,19,20,21). The van der Waals surface area contributed by atoms with Crippen LogP contribution in [-0.2, 0) is 10.1 Å². The SMILES string of the molecule is O=S(=O)(O)C(F)(F)C(F)(F)C1CC2CC1C1C3C=CC(C3)C21. The summed E-state index contributed by atoms with van der Waals surface area (Å²) in [5.74, 6) is -6.28. The number of fused-ring (bicyclic) bond motifs is 9. The molecule has 22 heavy (non-hydrogen) atoms. The Morgan fingerprint density at radius 3 is 2.14 bits per heavy atom. The lowest BCUT2D eigenvalue weighted by Crippen LogP contribution is -2.54. The van der Waals surface area contributed by atoms with Crippen molar-refractivity contribution in [2.75, 3.05) is 0 Å². The van der Waals surface area contributed by atoms with Crippen LogP contribution in [0, 0.1) is 41.4 Å². The average Bonchev–Trinajstić information content (AvgIpc) is 3.15. The maximum atomic E-state index is 14.3. The largest absolute Gasteiger partial charge is 0.431 e. The molecule has 0 amide bonds. The first-order chi connectivity index (χ1) is 10.1. The van der Waals surface area contributed by atoms with Crippen molar-refractivity contribution >= 4 is 10.1 Å². The molecule has 4 bridgehead atoms. The number of alkyl halides is 4. The Morgan fingerprint density at radius 1 is 0.955 bits per heavy atom. The van der Waals surface area contributed by atoms with Gasteiger partial charge in [-0.25, -0.2) is 0 Å². The molecule has 0 saturated heterocycles. The first kappa shape index (κ1) is 14.9. The predicted molar refractivity (Wildman–Crippen MR) is 68.9 cm³/mol. The molecule has 0 radical (unpaired) electrons. The molecule has 3 fully saturated rings. The van der Waals surface area contributed by atoms with E-state index in [0.29, 0.717) is 12.3 Å². The summed E-state index contributed by atoms with van der Waals surface area (Å²) < 4.78 is 85.7. The van der Waals surface area contributed by atoms with Crippen LogP contribution in [0.25, 0.3) is 0 Å². The van der Waals surface area contributed by atoms with Gasteiger partial charge in [0.15, 0.2) is 0 Å². The monoisotopic (exact) mass is 340 g/mol. The van der Waals surface area contributed by atoms with Gasteiger partial charge in [0, 0.05) is 5.92 Å². The topological polar surface area (TPSA) is 54.4 Å². The van der Waals surface area contributed by atoms with Gasteiger partial charge in [-0.1, -0.05) is 12.2 Å². The minimum atomic E-state index is -6.14. The lowest BCUT2D eigenvalue weighted by atomic mass is 9.68. The molecule has 0 aromatic heterocycles. The third-order valence-electron chi connectivity index (χ3n) is 6.45. The van der Waals surface area contributed by atoms with E-state index in [1.54, 1.807) is 0 Å². The van der Waals surface area contributed by atoms with Gasteiger partial charge in [0.1, 0.15) is 0 Å². The van der Waals surface area contributed by atoms with Crippen LogP contribution in [0.2, 0.25) is 0 Å². The fourth-order valence-corrected chi connectivity index (χ4v) is 6.32. The molecule has 124 valence electrons. The summed E-state index contributed by atoms with van der Waals surface area (Å²) in [7, 11) is -6.14. The van der Waals surface area contributed by atoms with E-state index in [2.05, 4.69) is 6.08 Å². The molecule has 4 rings (SSSR count). The van der Waals surface area contributed by atoms with E-state index in [1.807, 2.05) is 6.08 Å². The van der Waals surface area contributed by atoms with Crippen molar-refractivity contribution in [2.45, 2.75) is 30.4 Å². The first-order valence-corrected chi connectivity index (χ1v) is 8.90. The fraction of sp³-hybridized carbons (Fsp3) is 0.857. The Hall–Kier alpha value is -0.630. The zero-order valence-corrected chi connectivity index (χ0v) is 12.3. The fourth-order valence-electron chi connectivity index (χ4n) is 5.82. The van der Waals surface area contributed by atoms with E-state index in [1.165, 1.54) is 0 Å². The third-order valence-corrected chi connectivity index (χ3v) is 7.37. The minimum Gasteiger partial charge on any atom is -0.281 e. The summed E-state index contributed by atoms with van der Waals surface area (Å²) in [5, 5.41) is -5.43. The van der Waals surface area contributed by atoms with Gasteiger partial charge in [0.05, 0.1) is 0 Å². The minimum absolute atomic E-state index is 0.0389. The van der Waals surface area contributed by atoms with Crippen LogP contribution >= 0.6 is 0 Å². The Labute approximate surface area is 125 Å². The lowest BCUT2D eigenvalue weighted by molar-refractivity contribution is -0.208. The van der Waals surface area contributed by atoms with Crippen LogP contribution in [0.15, 0.2) is 12.2 Å². The molecule has 3 nitrogen and oxygen atoms in total. The smallest absolute Gasteiger partial charge is 0.281 e. The zero-order valence-electron chi connectivity index (χ0n) is 11.5. The molecule has 0 aliphatic heterocycles. The molecule has 3 saturated carbocycles. The highest BCUT2D eigenvalue weighted by Crippen LogP contribution is 2.69. The van der Waals surface area contributed by atoms with Crippen molar-refractivity contribution in [2.24, 2.45) is 41.4 Å². The number of hydrogen-bond donors (Lipinski definition) is 1. The highest BCUT2D eigenvalue weighted by atomic mass is 32.2. The predicted octanol–water partition coefficient (Wildman–Crippen LogP) is 3.20. The van der Waals surface area contributed by atoms with Crippen LogP contribution in [0.4, 0.5) is 17.6 Å². The van der Waals surface area contributed by atoms with E-state index < -0.39 is 33.1 Å². The second kappa shape index (κ2) is 4.06. The van der Waals surface area contributed by atoms with Crippen LogP contribution < -0.4 is 0 Å². The van der Waals surface area contributed by atoms with E-state index in [4.69, 9.17) is 4.55 Å². The third kappa shape index (κ3) is 1.58. The van der Waals surface area contributed by atoms with Crippen LogP contribution in [-0.4, -0.2) is 24.1 Å². The van der Waals surface area contributed by atoms with Crippen LogP contribution in [0.5, 0.6) is 0 Å². The molecule has 1 N–H and O–H groups in total. The van der Waals surface area contributed by atoms with Gasteiger partial charge in [0.25, 0.3) is 0 Å². The molecular weight excluding hydrogens is 324 g/mol. The van der Waals surface area contributed by atoms with Crippen molar-refractivity contribution in [3.8, 4) is 0 Å². The summed E-state index contributed by atoms with van der Waals surface area (Å²) in [4.78, 5) is 0. The van der Waals surface area contributed by atoms with Crippen molar-refractivity contribution < 1.29 is 30.5 Å². The second-order valence-electron chi connectivity index (χ2n) is 7.22. The summed E-state index contributed by atoms with van der Waals surface area (Å²) in [5.41, 5.74) is 0. The van der Waals surface area contributed by atoms with Gasteiger partial charge in [-0.2, -0.15) is 26.0 Å². The van der Waals surface area contributed by atoms with Gasteiger partial charge >= 0.3 is 21.3 Å². The molecule has 4 aliphatic rings. The lowest BCUT2D eigenvalue weighted by Gasteiger charge is -2.41. The number of halogens is 4. The van der Waals surface area contributed by atoms with E-state index in [0.717, 1.165) is 6.42 Å². The van der Waals surface area contributed by atoms with Gasteiger partial charge in [-0.3, -0.25) is 4.55 Å². The van der Waals surface area contributed by atoms with Crippen LogP contribution in [0.3, 0.4) is 0 Å². The number of hydrogen-bond acceptors (Lipinski definition) is 2. The molecular formula is C14H16F4O3S. The second-order valence-corrected chi connectivity index (χ2v) is 8.68. The summed E-state index contributed by atoms with van der Waals surface area (Å²) >= 11 is 0. The molecule has 7 unspecified atom stereocenters. The summed E-state index contributed by atoms with van der Waals surface area (Å²) in [6.45, 7) is 0. The Kier molecular flexibility index (Phi) is 2.76. The summed E-state index contributed by atoms with van der Waals surface area (Å²) in [6, 6.07) is 0. The van der Waals surface area contributed by atoms with E-state index >= 15 is 0 Å². The maximum absolute atomic E-state index is 14.3. The normalized spacial score (nSPS) is 46.5. The zero-order chi connectivity index (χ0) is 16.1. The van der Waals surface area contributed by atoms with Crippen molar-refractivity contribution in [3.63, 3.8) is 0 Å². The number of allylic oxidation sites excluding steroid dienone is 2. The summed E-state index contributed by atoms with van der Waals surface area (Å²) in [6.07, 6.45) is 5.37.